The van der Waals surface area contributed by atoms with Crippen LogP contribution < -0.4 is 5.32 Å². The van der Waals surface area contributed by atoms with Crippen LogP contribution in [0, 0.1) is 6.92 Å². The Morgan fingerprint density at radius 3 is 3.00 bits per heavy atom. The number of carbonyl (C=O) groups is 1. The molecule has 0 spiro atoms. The summed E-state index contributed by atoms with van der Waals surface area (Å²) in [5, 5.41) is 9.46. The molecule has 1 N–H and O–H groups in total. The van der Waals surface area contributed by atoms with E-state index in [2.05, 4.69) is 28.4 Å². The second kappa shape index (κ2) is 6.89. The number of methoxy groups -OCH3 is 1. The average Bonchev–Trinajstić information content (AvgIpc) is 3.10. The second-order valence-corrected chi connectivity index (χ2v) is 6.04. The molecule has 3 aromatic rings. The van der Waals surface area contributed by atoms with E-state index in [0.717, 1.165) is 27.6 Å². The maximum absolute atomic E-state index is 11.4. The van der Waals surface area contributed by atoms with Crippen molar-refractivity contribution in [3.8, 4) is 11.4 Å². The normalized spacial score (nSPS) is 11.0. The maximum Gasteiger partial charge on any atom is 0.245 e. The Morgan fingerprint density at radius 1 is 1.39 bits per heavy atom. The summed E-state index contributed by atoms with van der Waals surface area (Å²) in [4.78, 5) is 16.9. The Hall–Kier alpha value is -2.25. The zero-order valence-electron chi connectivity index (χ0n) is 13.1. The molecule has 0 saturated heterocycles. The lowest BCUT2D eigenvalue weighted by Crippen LogP contribution is -2.29. The minimum atomic E-state index is -0.113. The van der Waals surface area contributed by atoms with Crippen molar-refractivity contribution in [2.75, 3.05) is 20.3 Å². The first kappa shape index (κ1) is 15.6. The molecule has 0 atom stereocenters. The highest BCUT2D eigenvalue weighted by Crippen LogP contribution is 2.23. The molecule has 0 saturated carbocycles. The van der Waals surface area contributed by atoms with Gasteiger partial charge in [0.25, 0.3) is 0 Å². The minimum absolute atomic E-state index is 0.0831. The van der Waals surface area contributed by atoms with Crippen LogP contribution in [0.25, 0.3) is 16.3 Å². The number of hydrogen-bond acceptors (Lipinski definition) is 5. The Labute approximate surface area is 138 Å². The molecule has 0 radical (unpaired) electrons. The summed E-state index contributed by atoms with van der Waals surface area (Å²) < 4.78 is 6.64. The quantitative estimate of drug-likeness (QED) is 0.751. The number of hydrogen-bond donors (Lipinski definition) is 1. The smallest absolute Gasteiger partial charge is 0.245 e. The number of nitrogens with zero attached hydrogens (tertiary/aromatic N) is 3. The zero-order chi connectivity index (χ0) is 16.2. The van der Waals surface area contributed by atoms with E-state index in [1.807, 2.05) is 28.1 Å². The lowest BCUT2D eigenvalue weighted by atomic mass is 10.1. The van der Waals surface area contributed by atoms with Crippen LogP contribution in [0.5, 0.6) is 0 Å². The van der Waals surface area contributed by atoms with Crippen LogP contribution in [-0.4, -0.2) is 40.8 Å². The van der Waals surface area contributed by atoms with Crippen molar-refractivity contribution in [3.05, 3.63) is 40.9 Å². The number of rotatable bonds is 6. The predicted octanol–water partition coefficient (Wildman–Crippen LogP) is 2.07. The molecule has 120 valence electrons. The van der Waals surface area contributed by atoms with Crippen LogP contribution in [0.15, 0.2) is 29.6 Å². The largest absolute Gasteiger partial charge is 0.375 e. The maximum atomic E-state index is 11.4. The van der Waals surface area contributed by atoms with Gasteiger partial charge >= 0.3 is 0 Å². The molecule has 0 fully saturated rings. The van der Waals surface area contributed by atoms with Crippen molar-refractivity contribution in [2.45, 2.75) is 13.3 Å². The van der Waals surface area contributed by atoms with Gasteiger partial charge in [-0.1, -0.05) is 24.3 Å². The Balaban J connectivity index is 1.76. The molecule has 0 unspecified atom stereocenters. The van der Waals surface area contributed by atoms with E-state index in [1.54, 1.807) is 11.3 Å². The third kappa shape index (κ3) is 3.40. The highest BCUT2D eigenvalue weighted by Gasteiger charge is 2.12. The summed E-state index contributed by atoms with van der Waals surface area (Å²) in [5.74, 6) is 0.623. The van der Waals surface area contributed by atoms with Gasteiger partial charge in [0.15, 0.2) is 5.82 Å². The van der Waals surface area contributed by atoms with E-state index < -0.39 is 0 Å². The molecule has 6 nitrogen and oxygen atoms in total. The van der Waals surface area contributed by atoms with E-state index >= 15 is 0 Å². The first-order chi connectivity index (χ1) is 11.2. The third-order valence-electron chi connectivity index (χ3n) is 3.51. The van der Waals surface area contributed by atoms with Crippen molar-refractivity contribution in [1.82, 2.24) is 19.9 Å². The van der Waals surface area contributed by atoms with Gasteiger partial charge in [0, 0.05) is 31.0 Å². The topological polar surface area (TPSA) is 68.5 Å². The fourth-order valence-corrected chi connectivity index (χ4v) is 3.20. The molecule has 1 amide bonds. The van der Waals surface area contributed by atoms with Gasteiger partial charge in [0.2, 0.25) is 10.9 Å². The number of nitrogens with one attached hydrogen (secondary N) is 1. The molecule has 0 bridgehead atoms. The van der Waals surface area contributed by atoms with Crippen molar-refractivity contribution in [3.63, 3.8) is 0 Å². The molecule has 0 aliphatic carbocycles. The van der Waals surface area contributed by atoms with Crippen LogP contribution in [0.3, 0.4) is 0 Å². The van der Waals surface area contributed by atoms with Crippen molar-refractivity contribution >= 4 is 22.2 Å². The van der Waals surface area contributed by atoms with E-state index in [0.29, 0.717) is 13.0 Å². The summed E-state index contributed by atoms with van der Waals surface area (Å²) in [7, 11) is 1.50. The van der Waals surface area contributed by atoms with Crippen LogP contribution in [0.2, 0.25) is 0 Å². The van der Waals surface area contributed by atoms with E-state index in [9.17, 15) is 4.79 Å². The van der Waals surface area contributed by atoms with Crippen LogP contribution >= 0.6 is 11.3 Å². The lowest BCUT2D eigenvalue weighted by molar-refractivity contribution is -0.124. The van der Waals surface area contributed by atoms with Gasteiger partial charge in [-0.05, 0) is 12.5 Å². The van der Waals surface area contributed by atoms with Crippen LogP contribution in [-0.2, 0) is 16.0 Å². The Bertz CT molecular complexity index is 824. The Kier molecular flexibility index (Phi) is 4.68. The number of ether oxygens (including phenoxy) is 1. The van der Waals surface area contributed by atoms with Crippen LogP contribution in [0.1, 0.15) is 11.3 Å². The van der Waals surface area contributed by atoms with Gasteiger partial charge in [-0.15, -0.1) is 16.4 Å². The average molecular weight is 330 g/mol. The molecular formula is C16H18N4O2S. The van der Waals surface area contributed by atoms with Gasteiger partial charge in [0.1, 0.15) is 6.61 Å². The number of fused-ring (bicyclic) bond motifs is 1. The van der Waals surface area contributed by atoms with Gasteiger partial charge in [-0.25, -0.2) is 4.52 Å². The SMILES string of the molecule is COCC(=O)NCCc1csc2nc(-c3ccccc3C)nn12. The zero-order valence-corrected chi connectivity index (χ0v) is 13.9. The first-order valence-electron chi connectivity index (χ1n) is 7.34. The number of amides is 1. The highest BCUT2D eigenvalue weighted by molar-refractivity contribution is 7.15. The number of carbonyl (C=O) groups excluding carboxylic acids is 1. The molecule has 23 heavy (non-hydrogen) atoms. The number of thiazole rings is 1. The molecule has 7 heteroatoms. The number of aromatic nitrogens is 3. The van der Waals surface area contributed by atoms with E-state index in [1.165, 1.54) is 7.11 Å². The molecule has 2 heterocycles. The summed E-state index contributed by atoms with van der Waals surface area (Å²) in [6, 6.07) is 8.07. The fraction of sp³-hybridized carbons (Fsp3) is 0.312. The summed E-state index contributed by atoms with van der Waals surface area (Å²) in [6.07, 6.45) is 0.700. The standard InChI is InChI=1S/C16H18N4O2S/c1-11-5-3-4-6-13(11)15-18-16-20(19-15)12(10-23-16)7-8-17-14(21)9-22-2/h3-6,10H,7-9H2,1-2H3,(H,17,21). The molecule has 1 aromatic carbocycles. The monoisotopic (exact) mass is 330 g/mol. The molecule has 0 aliphatic rings. The molecule has 2 aromatic heterocycles. The second-order valence-electron chi connectivity index (χ2n) is 5.20. The fourth-order valence-electron chi connectivity index (χ4n) is 2.35. The predicted molar refractivity (Wildman–Crippen MR) is 89.6 cm³/mol. The molecular weight excluding hydrogens is 312 g/mol. The summed E-state index contributed by atoms with van der Waals surface area (Å²) in [5.41, 5.74) is 3.23. The van der Waals surface area contributed by atoms with Crippen molar-refractivity contribution in [1.29, 1.82) is 0 Å². The van der Waals surface area contributed by atoms with Crippen molar-refractivity contribution in [2.24, 2.45) is 0 Å². The Morgan fingerprint density at radius 2 is 2.22 bits per heavy atom. The van der Waals surface area contributed by atoms with Gasteiger partial charge in [-0.2, -0.15) is 4.98 Å². The first-order valence-corrected chi connectivity index (χ1v) is 8.22. The van der Waals surface area contributed by atoms with E-state index in [4.69, 9.17) is 4.74 Å². The lowest BCUT2D eigenvalue weighted by Gasteiger charge is -2.03. The molecule has 0 aliphatic heterocycles. The summed E-state index contributed by atoms with van der Waals surface area (Å²) in [6.45, 7) is 2.68. The van der Waals surface area contributed by atoms with Gasteiger partial charge in [-0.3, -0.25) is 4.79 Å². The van der Waals surface area contributed by atoms with E-state index in [-0.39, 0.29) is 12.5 Å². The number of aryl methyl sites for hydroxylation is 1. The van der Waals surface area contributed by atoms with Gasteiger partial charge < -0.3 is 10.1 Å². The summed E-state index contributed by atoms with van der Waals surface area (Å²) >= 11 is 1.56. The highest BCUT2D eigenvalue weighted by atomic mass is 32.1. The third-order valence-corrected chi connectivity index (χ3v) is 4.38. The van der Waals surface area contributed by atoms with Crippen LogP contribution in [0.4, 0.5) is 0 Å². The van der Waals surface area contributed by atoms with Gasteiger partial charge in [0.05, 0.1) is 5.69 Å². The van der Waals surface area contributed by atoms with Crippen molar-refractivity contribution < 1.29 is 9.53 Å². The molecule has 3 rings (SSSR count). The minimum Gasteiger partial charge on any atom is -0.375 e. The number of benzene rings is 1.